The third-order valence-corrected chi connectivity index (χ3v) is 6.71. The lowest BCUT2D eigenvalue weighted by molar-refractivity contribution is -0.154. The molecule has 7 heteroatoms. The summed E-state index contributed by atoms with van der Waals surface area (Å²) in [5.74, 6) is -4.04. The van der Waals surface area contributed by atoms with Gasteiger partial charge < -0.3 is 4.90 Å². The minimum absolute atomic E-state index is 0. The molecule has 0 spiro atoms. The fraction of sp³-hybridized carbons (Fsp3) is 0.533. The van der Waals surface area contributed by atoms with Crippen molar-refractivity contribution in [1.82, 2.24) is 4.90 Å². The summed E-state index contributed by atoms with van der Waals surface area (Å²) in [6, 6.07) is 11.1. The van der Waals surface area contributed by atoms with Gasteiger partial charge in [0, 0.05) is 39.0 Å². The summed E-state index contributed by atoms with van der Waals surface area (Å²) in [6.45, 7) is 10.1. The summed E-state index contributed by atoms with van der Waals surface area (Å²) in [6.07, 6.45) is 3.44. The SMILES string of the molecule is CCCC.CCCCC(=O)N(c1cccc(F)c1)C(C(=O)N(CC)C1CC(F)(F)C1)c1ccccc1C.[HH]. The van der Waals surface area contributed by atoms with E-state index in [2.05, 4.69) is 13.8 Å². The van der Waals surface area contributed by atoms with Gasteiger partial charge in [-0.3, -0.25) is 14.5 Å². The van der Waals surface area contributed by atoms with Gasteiger partial charge in [-0.2, -0.15) is 0 Å². The van der Waals surface area contributed by atoms with Crippen molar-refractivity contribution in [3.63, 3.8) is 0 Å². The molecule has 0 aromatic heterocycles. The quantitative estimate of drug-likeness (QED) is 0.318. The Hall–Kier alpha value is -2.83. The number of rotatable bonds is 10. The molecule has 1 saturated carbocycles. The van der Waals surface area contributed by atoms with Gasteiger partial charge in [0.05, 0.1) is 0 Å². The molecule has 1 unspecified atom stereocenters. The van der Waals surface area contributed by atoms with Gasteiger partial charge in [-0.25, -0.2) is 13.2 Å². The van der Waals surface area contributed by atoms with E-state index in [0.29, 0.717) is 12.0 Å². The molecular weight excluding hydrogens is 477 g/mol. The fourth-order valence-corrected chi connectivity index (χ4v) is 4.39. The van der Waals surface area contributed by atoms with Crippen LogP contribution in [0.4, 0.5) is 18.9 Å². The molecule has 1 aliphatic rings. The summed E-state index contributed by atoms with van der Waals surface area (Å²) < 4.78 is 41.4. The number of nitrogens with zero attached hydrogens (tertiary/aromatic N) is 2. The molecule has 0 saturated heterocycles. The largest absolute Gasteiger partial charge is 0.337 e. The summed E-state index contributed by atoms with van der Waals surface area (Å²) in [5.41, 5.74) is 1.66. The van der Waals surface area contributed by atoms with E-state index in [1.807, 2.05) is 26.0 Å². The monoisotopic (exact) mass is 520 g/mol. The number of hydrogen-bond donors (Lipinski definition) is 0. The second-order valence-corrected chi connectivity index (χ2v) is 9.65. The first-order valence-electron chi connectivity index (χ1n) is 13.4. The number of hydrogen-bond acceptors (Lipinski definition) is 2. The van der Waals surface area contributed by atoms with Crippen LogP contribution in [0.5, 0.6) is 0 Å². The molecule has 0 N–H and O–H groups in total. The number of anilines is 1. The van der Waals surface area contributed by atoms with Gasteiger partial charge in [-0.1, -0.05) is 70.4 Å². The molecule has 37 heavy (non-hydrogen) atoms. The second kappa shape index (κ2) is 14.2. The van der Waals surface area contributed by atoms with Crippen molar-refractivity contribution in [3.05, 3.63) is 65.5 Å². The third kappa shape index (κ3) is 8.08. The highest BCUT2D eigenvalue weighted by atomic mass is 19.3. The first-order chi connectivity index (χ1) is 17.6. The molecule has 0 bridgehead atoms. The lowest BCUT2D eigenvalue weighted by atomic mass is 9.85. The highest BCUT2D eigenvalue weighted by Crippen LogP contribution is 2.42. The van der Waals surface area contributed by atoms with E-state index in [1.165, 1.54) is 40.8 Å². The van der Waals surface area contributed by atoms with Crippen LogP contribution in [0.2, 0.25) is 0 Å². The highest BCUT2D eigenvalue weighted by molar-refractivity contribution is 6.01. The van der Waals surface area contributed by atoms with Gasteiger partial charge in [0.2, 0.25) is 5.91 Å². The Labute approximate surface area is 221 Å². The Bertz CT molecular complexity index is 1020. The average Bonchev–Trinajstić information content (AvgIpc) is 2.85. The average molecular weight is 521 g/mol. The van der Waals surface area contributed by atoms with Gasteiger partial charge in [0.25, 0.3) is 11.8 Å². The van der Waals surface area contributed by atoms with Crippen LogP contribution < -0.4 is 4.90 Å². The molecule has 1 aliphatic carbocycles. The van der Waals surface area contributed by atoms with Gasteiger partial charge >= 0.3 is 0 Å². The van der Waals surface area contributed by atoms with E-state index < -0.39 is 42.6 Å². The molecule has 3 rings (SSSR count). The number of amides is 2. The van der Waals surface area contributed by atoms with E-state index in [0.717, 1.165) is 12.0 Å². The smallest absolute Gasteiger partial charge is 0.252 e. The molecule has 0 radical (unpaired) electrons. The zero-order valence-corrected chi connectivity index (χ0v) is 22.8. The maximum absolute atomic E-state index is 14.2. The van der Waals surface area contributed by atoms with Crippen LogP contribution in [0, 0.1) is 12.7 Å². The zero-order valence-electron chi connectivity index (χ0n) is 22.8. The number of aryl methyl sites for hydroxylation is 1. The van der Waals surface area contributed by atoms with Gasteiger partial charge in [-0.05, 0) is 49.6 Å². The molecule has 0 heterocycles. The predicted octanol–water partition coefficient (Wildman–Crippen LogP) is 8.10. The maximum atomic E-state index is 14.2. The summed E-state index contributed by atoms with van der Waals surface area (Å²) in [4.78, 5) is 30.2. The van der Waals surface area contributed by atoms with E-state index >= 15 is 0 Å². The molecular formula is C30H43F3N2O2. The van der Waals surface area contributed by atoms with Gasteiger partial charge in [0.15, 0.2) is 0 Å². The van der Waals surface area contributed by atoms with Crippen LogP contribution in [-0.2, 0) is 9.59 Å². The number of benzene rings is 2. The van der Waals surface area contributed by atoms with Gasteiger partial charge in [-0.15, -0.1) is 0 Å². The Balaban J connectivity index is 0.00000135. The van der Waals surface area contributed by atoms with Crippen molar-refractivity contribution in [1.29, 1.82) is 0 Å². The van der Waals surface area contributed by atoms with E-state index in [9.17, 15) is 22.8 Å². The second-order valence-electron chi connectivity index (χ2n) is 9.65. The van der Waals surface area contributed by atoms with Crippen LogP contribution in [0.3, 0.4) is 0 Å². The van der Waals surface area contributed by atoms with Crippen molar-refractivity contribution < 1.29 is 24.2 Å². The predicted molar refractivity (Wildman–Crippen MR) is 145 cm³/mol. The standard InChI is InChI=1S/C26H31F3N2O2.C4H10.H2/c1-4-6-14-23(32)31(20-12-9-11-19(27)15-20)24(22-13-8-7-10-18(22)3)25(33)30(5-2)21-16-26(28,29)17-21;1-3-4-2;/h7-13,15,21,24H,4-6,14,16-17H2,1-3H3;3-4H2,1-2H3;1H. The number of carbonyl (C=O) groups is 2. The van der Waals surface area contributed by atoms with E-state index in [-0.39, 0.29) is 26.0 Å². The minimum Gasteiger partial charge on any atom is -0.337 e. The molecule has 2 amide bonds. The topological polar surface area (TPSA) is 40.6 Å². The molecule has 1 fully saturated rings. The summed E-state index contributed by atoms with van der Waals surface area (Å²) in [7, 11) is 0. The Morgan fingerprint density at radius 3 is 2.16 bits per heavy atom. The lowest BCUT2D eigenvalue weighted by Gasteiger charge is -2.44. The van der Waals surface area contributed by atoms with Crippen molar-refractivity contribution in [3.8, 4) is 0 Å². The first-order valence-corrected chi connectivity index (χ1v) is 13.4. The van der Waals surface area contributed by atoms with Crippen LogP contribution in [-0.4, -0.2) is 35.2 Å². The number of likely N-dealkylation sites (N-methyl/N-ethyl adjacent to an activating group) is 1. The van der Waals surface area contributed by atoms with Crippen molar-refractivity contribution in [2.24, 2.45) is 0 Å². The Kier molecular flexibility index (Phi) is 11.7. The van der Waals surface area contributed by atoms with Crippen molar-refractivity contribution in [2.75, 3.05) is 11.4 Å². The Morgan fingerprint density at radius 1 is 1.00 bits per heavy atom. The first kappa shape index (κ1) is 30.4. The number of alkyl halides is 2. The normalized spacial score (nSPS) is 15.1. The Morgan fingerprint density at radius 2 is 1.65 bits per heavy atom. The van der Waals surface area contributed by atoms with Crippen molar-refractivity contribution >= 4 is 17.5 Å². The third-order valence-electron chi connectivity index (χ3n) is 6.71. The summed E-state index contributed by atoms with van der Waals surface area (Å²) in [5, 5.41) is 0. The van der Waals surface area contributed by atoms with Crippen molar-refractivity contribution in [2.45, 2.75) is 97.6 Å². The molecule has 206 valence electrons. The molecule has 2 aromatic carbocycles. The summed E-state index contributed by atoms with van der Waals surface area (Å²) >= 11 is 0. The number of unbranched alkanes of at least 4 members (excludes halogenated alkanes) is 2. The lowest BCUT2D eigenvalue weighted by Crippen LogP contribution is -2.56. The highest BCUT2D eigenvalue weighted by Gasteiger charge is 2.50. The number of carbonyl (C=O) groups excluding carboxylic acids is 2. The maximum Gasteiger partial charge on any atom is 0.252 e. The number of halogens is 3. The van der Waals surface area contributed by atoms with Crippen LogP contribution >= 0.6 is 0 Å². The zero-order chi connectivity index (χ0) is 27.6. The fourth-order valence-electron chi connectivity index (χ4n) is 4.39. The van der Waals surface area contributed by atoms with Gasteiger partial charge in [0.1, 0.15) is 11.9 Å². The van der Waals surface area contributed by atoms with E-state index in [4.69, 9.17) is 0 Å². The van der Waals surface area contributed by atoms with Crippen LogP contribution in [0.15, 0.2) is 48.5 Å². The molecule has 4 nitrogen and oxygen atoms in total. The molecule has 2 aromatic rings. The molecule has 0 aliphatic heterocycles. The van der Waals surface area contributed by atoms with E-state index in [1.54, 1.807) is 25.1 Å². The van der Waals surface area contributed by atoms with Crippen LogP contribution in [0.25, 0.3) is 0 Å². The molecule has 1 atom stereocenters. The van der Waals surface area contributed by atoms with Crippen LogP contribution in [0.1, 0.15) is 91.2 Å². The minimum atomic E-state index is -2.78.